The van der Waals surface area contributed by atoms with E-state index in [0.29, 0.717) is 11.3 Å². The van der Waals surface area contributed by atoms with Gasteiger partial charge in [0, 0.05) is 22.5 Å². The molecule has 0 aliphatic carbocycles. The van der Waals surface area contributed by atoms with E-state index in [1.807, 2.05) is 26.0 Å². The zero-order valence-corrected chi connectivity index (χ0v) is 12.4. The number of ether oxygens (including phenoxy) is 2. The second kappa shape index (κ2) is 5.83. The molecule has 0 radical (unpaired) electrons. The Morgan fingerprint density at radius 2 is 1.76 bits per heavy atom. The lowest BCUT2D eigenvalue weighted by Gasteiger charge is -2.01. The van der Waals surface area contributed by atoms with Crippen LogP contribution < -0.4 is 0 Å². The number of methoxy groups -OCH3 is 2. The lowest BCUT2D eigenvalue weighted by Crippen LogP contribution is -2.03. The molecule has 0 atom stereocenters. The molecule has 0 aliphatic heterocycles. The number of aromatic amines is 1. The van der Waals surface area contributed by atoms with E-state index in [-0.39, 0.29) is 0 Å². The van der Waals surface area contributed by atoms with Gasteiger partial charge >= 0.3 is 11.9 Å². The van der Waals surface area contributed by atoms with Gasteiger partial charge in [-0.3, -0.25) is 0 Å². The number of rotatable bonds is 3. The SMILES string of the molecule is COC(=O)C=Cc1c(C(=O)OC)[nH]c2c(C)ccc(C)c12. The van der Waals surface area contributed by atoms with Crippen LogP contribution in [0.2, 0.25) is 0 Å². The Morgan fingerprint density at radius 1 is 1.10 bits per heavy atom. The van der Waals surface area contributed by atoms with Crippen molar-refractivity contribution in [2.24, 2.45) is 0 Å². The van der Waals surface area contributed by atoms with Gasteiger partial charge in [-0.25, -0.2) is 9.59 Å². The van der Waals surface area contributed by atoms with Gasteiger partial charge in [0.25, 0.3) is 0 Å². The number of benzene rings is 1. The maximum absolute atomic E-state index is 11.9. The van der Waals surface area contributed by atoms with Crippen LogP contribution in [0.5, 0.6) is 0 Å². The minimum atomic E-state index is -0.481. The lowest BCUT2D eigenvalue weighted by atomic mass is 10.0. The van der Waals surface area contributed by atoms with Crippen molar-refractivity contribution in [3.05, 3.63) is 40.6 Å². The van der Waals surface area contributed by atoms with Gasteiger partial charge in [0.05, 0.1) is 14.2 Å². The summed E-state index contributed by atoms with van der Waals surface area (Å²) in [5.41, 5.74) is 3.83. The average Bonchev–Trinajstić information content (AvgIpc) is 2.88. The zero-order valence-electron chi connectivity index (χ0n) is 12.4. The fourth-order valence-corrected chi connectivity index (χ4v) is 2.29. The molecule has 0 aliphatic rings. The summed E-state index contributed by atoms with van der Waals surface area (Å²) in [6.07, 6.45) is 2.86. The molecule has 0 bridgehead atoms. The number of carbonyl (C=O) groups excluding carboxylic acids is 2. The number of aromatic nitrogens is 1. The van der Waals surface area contributed by atoms with E-state index in [4.69, 9.17) is 4.74 Å². The minimum absolute atomic E-state index is 0.324. The Kier molecular flexibility index (Phi) is 4.12. The molecule has 5 nitrogen and oxygen atoms in total. The van der Waals surface area contributed by atoms with Crippen molar-refractivity contribution in [3.8, 4) is 0 Å². The molecular weight excluding hydrogens is 270 g/mol. The van der Waals surface area contributed by atoms with Crippen molar-refractivity contribution in [3.63, 3.8) is 0 Å². The van der Waals surface area contributed by atoms with E-state index in [2.05, 4.69) is 9.72 Å². The average molecular weight is 287 g/mol. The fraction of sp³-hybridized carbons (Fsp3) is 0.250. The molecule has 0 amide bonds. The first-order valence-electron chi connectivity index (χ1n) is 6.45. The quantitative estimate of drug-likeness (QED) is 0.696. The summed E-state index contributed by atoms with van der Waals surface area (Å²) in [4.78, 5) is 26.3. The highest BCUT2D eigenvalue weighted by Gasteiger charge is 2.19. The molecule has 1 heterocycles. The van der Waals surface area contributed by atoms with Crippen molar-refractivity contribution in [1.82, 2.24) is 4.98 Å². The Hall–Kier alpha value is -2.56. The number of hydrogen-bond acceptors (Lipinski definition) is 4. The van der Waals surface area contributed by atoms with Crippen LogP contribution in [-0.4, -0.2) is 31.1 Å². The highest BCUT2D eigenvalue weighted by molar-refractivity contribution is 6.05. The molecule has 0 spiro atoms. The molecule has 0 saturated heterocycles. The number of H-pyrrole nitrogens is 1. The molecule has 21 heavy (non-hydrogen) atoms. The van der Waals surface area contributed by atoms with Gasteiger partial charge in [-0.05, 0) is 31.1 Å². The van der Waals surface area contributed by atoms with Crippen LogP contribution in [0.15, 0.2) is 18.2 Å². The molecule has 0 unspecified atom stereocenters. The molecule has 5 heteroatoms. The molecule has 1 aromatic carbocycles. The van der Waals surface area contributed by atoms with E-state index in [9.17, 15) is 9.59 Å². The summed E-state index contributed by atoms with van der Waals surface area (Å²) >= 11 is 0. The van der Waals surface area contributed by atoms with Crippen LogP contribution in [0.25, 0.3) is 17.0 Å². The Labute approximate surface area is 122 Å². The van der Waals surface area contributed by atoms with E-state index in [1.54, 1.807) is 6.08 Å². The molecule has 2 rings (SSSR count). The summed E-state index contributed by atoms with van der Waals surface area (Å²) in [6, 6.07) is 3.95. The van der Waals surface area contributed by atoms with Crippen molar-refractivity contribution < 1.29 is 19.1 Å². The number of aryl methyl sites for hydroxylation is 2. The highest BCUT2D eigenvalue weighted by atomic mass is 16.5. The lowest BCUT2D eigenvalue weighted by molar-refractivity contribution is -0.134. The minimum Gasteiger partial charge on any atom is -0.466 e. The van der Waals surface area contributed by atoms with E-state index in [0.717, 1.165) is 22.0 Å². The van der Waals surface area contributed by atoms with Gasteiger partial charge in [-0.2, -0.15) is 0 Å². The third-order valence-corrected chi connectivity index (χ3v) is 3.39. The molecule has 110 valence electrons. The summed E-state index contributed by atoms with van der Waals surface area (Å²) in [5, 5.41) is 0.899. The number of carbonyl (C=O) groups is 2. The van der Waals surface area contributed by atoms with Gasteiger partial charge in [0.1, 0.15) is 5.69 Å². The first kappa shape index (κ1) is 14.8. The maximum atomic E-state index is 11.9. The van der Waals surface area contributed by atoms with Crippen molar-refractivity contribution in [2.75, 3.05) is 14.2 Å². The van der Waals surface area contributed by atoms with Crippen LogP contribution in [-0.2, 0) is 14.3 Å². The number of hydrogen-bond donors (Lipinski definition) is 1. The summed E-state index contributed by atoms with van der Waals surface area (Å²) in [7, 11) is 2.62. The smallest absolute Gasteiger partial charge is 0.355 e. The van der Waals surface area contributed by atoms with Crippen molar-refractivity contribution in [2.45, 2.75) is 13.8 Å². The van der Waals surface area contributed by atoms with Gasteiger partial charge in [-0.15, -0.1) is 0 Å². The highest BCUT2D eigenvalue weighted by Crippen LogP contribution is 2.29. The molecule has 0 fully saturated rings. The van der Waals surface area contributed by atoms with Crippen molar-refractivity contribution in [1.29, 1.82) is 0 Å². The summed E-state index contributed by atoms with van der Waals surface area (Å²) in [5.74, 6) is -0.958. The normalized spacial score (nSPS) is 11.0. The molecule has 2 aromatic rings. The van der Waals surface area contributed by atoms with E-state index < -0.39 is 11.9 Å². The molecule has 1 N–H and O–H groups in total. The van der Waals surface area contributed by atoms with Crippen LogP contribution in [0.1, 0.15) is 27.2 Å². The number of esters is 2. The Morgan fingerprint density at radius 3 is 2.38 bits per heavy atom. The molecular formula is C16H17NO4. The standard InChI is InChI=1S/C16H17NO4/c1-9-5-6-10(2)14-13(9)11(7-8-12(18)20-3)15(17-14)16(19)21-4/h5-8,17H,1-4H3. The second-order valence-corrected chi connectivity index (χ2v) is 4.71. The zero-order chi connectivity index (χ0) is 15.6. The van der Waals surface area contributed by atoms with Gasteiger partial charge in [0.15, 0.2) is 0 Å². The maximum Gasteiger partial charge on any atom is 0.355 e. The molecule has 1 aromatic heterocycles. The van der Waals surface area contributed by atoms with Crippen molar-refractivity contribution >= 4 is 28.9 Å². The largest absolute Gasteiger partial charge is 0.466 e. The predicted molar refractivity (Wildman–Crippen MR) is 80.2 cm³/mol. The predicted octanol–water partition coefficient (Wildman–Crippen LogP) is 2.76. The van der Waals surface area contributed by atoms with Crippen LogP contribution in [0, 0.1) is 13.8 Å². The first-order valence-corrected chi connectivity index (χ1v) is 6.45. The van der Waals surface area contributed by atoms with Crippen LogP contribution in [0.3, 0.4) is 0 Å². The van der Waals surface area contributed by atoms with Crippen LogP contribution >= 0.6 is 0 Å². The summed E-state index contributed by atoms with van der Waals surface area (Å²) in [6.45, 7) is 3.90. The monoisotopic (exact) mass is 287 g/mol. The number of fused-ring (bicyclic) bond motifs is 1. The fourth-order valence-electron chi connectivity index (χ4n) is 2.29. The summed E-state index contributed by atoms with van der Waals surface area (Å²) < 4.78 is 9.39. The Balaban J connectivity index is 2.74. The van der Waals surface area contributed by atoms with E-state index >= 15 is 0 Å². The molecule has 0 saturated carbocycles. The van der Waals surface area contributed by atoms with E-state index in [1.165, 1.54) is 20.3 Å². The van der Waals surface area contributed by atoms with Gasteiger partial charge in [-0.1, -0.05) is 12.1 Å². The second-order valence-electron chi connectivity index (χ2n) is 4.71. The number of nitrogens with one attached hydrogen (secondary N) is 1. The third kappa shape index (κ3) is 2.67. The third-order valence-electron chi connectivity index (χ3n) is 3.39. The topological polar surface area (TPSA) is 68.4 Å². The van der Waals surface area contributed by atoms with Gasteiger partial charge < -0.3 is 14.5 Å². The van der Waals surface area contributed by atoms with Crippen LogP contribution in [0.4, 0.5) is 0 Å². The van der Waals surface area contributed by atoms with Gasteiger partial charge in [0.2, 0.25) is 0 Å². The first-order chi connectivity index (χ1) is 9.99. The Bertz CT molecular complexity index is 740.